The number of rotatable bonds is 3. The molecule has 106 valence electrons. The van der Waals surface area contributed by atoms with Crippen LogP contribution >= 0.6 is 11.6 Å². The van der Waals surface area contributed by atoms with Crippen LogP contribution in [0.1, 0.15) is 39.0 Å². The van der Waals surface area contributed by atoms with Crippen LogP contribution in [0.3, 0.4) is 0 Å². The zero-order chi connectivity index (χ0) is 14.0. The molecule has 0 radical (unpaired) electrons. The number of sulfone groups is 1. The van der Waals surface area contributed by atoms with Gasteiger partial charge in [-0.25, -0.2) is 8.42 Å². The van der Waals surface area contributed by atoms with Crippen molar-refractivity contribution in [3.8, 4) is 0 Å². The molecule has 1 aliphatic carbocycles. The van der Waals surface area contributed by atoms with Crippen LogP contribution in [0.4, 0.5) is 5.69 Å². The van der Waals surface area contributed by atoms with Gasteiger partial charge in [0.15, 0.2) is 9.84 Å². The number of anilines is 1. The molecule has 1 aliphatic rings. The molecule has 19 heavy (non-hydrogen) atoms. The Morgan fingerprint density at radius 1 is 1.32 bits per heavy atom. The van der Waals surface area contributed by atoms with E-state index in [2.05, 4.69) is 6.92 Å². The molecule has 1 aromatic rings. The van der Waals surface area contributed by atoms with Crippen molar-refractivity contribution in [1.29, 1.82) is 0 Å². The van der Waals surface area contributed by atoms with Crippen molar-refractivity contribution in [2.75, 3.05) is 5.73 Å². The van der Waals surface area contributed by atoms with E-state index in [1.54, 1.807) is 6.07 Å². The maximum absolute atomic E-state index is 12.8. The van der Waals surface area contributed by atoms with E-state index in [4.69, 9.17) is 17.3 Å². The maximum atomic E-state index is 12.8. The molecule has 3 nitrogen and oxygen atoms in total. The fourth-order valence-electron chi connectivity index (χ4n) is 2.99. The lowest BCUT2D eigenvalue weighted by Crippen LogP contribution is -2.33. The summed E-state index contributed by atoms with van der Waals surface area (Å²) in [7, 11) is -3.35. The zero-order valence-electron chi connectivity index (χ0n) is 11.1. The number of hydrogen-bond donors (Lipinski definition) is 1. The molecule has 0 aromatic heterocycles. The quantitative estimate of drug-likeness (QED) is 0.867. The highest BCUT2D eigenvalue weighted by Crippen LogP contribution is 2.36. The topological polar surface area (TPSA) is 60.2 Å². The molecule has 2 unspecified atom stereocenters. The first-order valence-electron chi connectivity index (χ1n) is 6.75. The minimum Gasteiger partial charge on any atom is -0.398 e. The highest BCUT2D eigenvalue weighted by Gasteiger charge is 2.36. The SMILES string of the molecule is CCC1CCCCC1S(=O)(=O)c1ccc(Cl)cc1N. The minimum atomic E-state index is -3.35. The van der Waals surface area contributed by atoms with E-state index in [-0.39, 0.29) is 21.8 Å². The van der Waals surface area contributed by atoms with Gasteiger partial charge in [0.25, 0.3) is 0 Å². The second kappa shape index (κ2) is 5.71. The average molecular weight is 302 g/mol. The van der Waals surface area contributed by atoms with Gasteiger partial charge in [0, 0.05) is 5.02 Å². The summed E-state index contributed by atoms with van der Waals surface area (Å²) in [6, 6.07) is 4.64. The Bertz CT molecular complexity index is 557. The summed E-state index contributed by atoms with van der Waals surface area (Å²) in [6.07, 6.45) is 4.74. The Balaban J connectivity index is 2.40. The van der Waals surface area contributed by atoms with Crippen molar-refractivity contribution >= 4 is 27.1 Å². The van der Waals surface area contributed by atoms with Gasteiger partial charge in [0.1, 0.15) is 0 Å². The van der Waals surface area contributed by atoms with Crippen molar-refractivity contribution in [2.45, 2.75) is 49.2 Å². The molecule has 0 heterocycles. The molecule has 1 fully saturated rings. The first-order valence-corrected chi connectivity index (χ1v) is 8.68. The Morgan fingerprint density at radius 2 is 2.00 bits per heavy atom. The highest BCUT2D eigenvalue weighted by atomic mass is 35.5. The van der Waals surface area contributed by atoms with Gasteiger partial charge in [0.05, 0.1) is 15.8 Å². The normalized spacial score (nSPS) is 24.3. The largest absolute Gasteiger partial charge is 0.398 e. The highest BCUT2D eigenvalue weighted by molar-refractivity contribution is 7.92. The van der Waals surface area contributed by atoms with E-state index in [9.17, 15) is 8.42 Å². The molecule has 1 saturated carbocycles. The van der Waals surface area contributed by atoms with Gasteiger partial charge in [-0.15, -0.1) is 0 Å². The summed E-state index contributed by atoms with van der Waals surface area (Å²) in [5.41, 5.74) is 6.09. The van der Waals surface area contributed by atoms with Gasteiger partial charge >= 0.3 is 0 Å². The lowest BCUT2D eigenvalue weighted by molar-refractivity contribution is 0.348. The number of benzene rings is 1. The lowest BCUT2D eigenvalue weighted by atomic mass is 9.87. The fourth-order valence-corrected chi connectivity index (χ4v) is 5.45. The van der Waals surface area contributed by atoms with Gasteiger partial charge in [-0.1, -0.05) is 37.8 Å². The molecule has 2 atom stereocenters. The third kappa shape index (κ3) is 2.90. The van der Waals surface area contributed by atoms with Crippen LogP contribution in [0.5, 0.6) is 0 Å². The first kappa shape index (κ1) is 14.7. The van der Waals surface area contributed by atoms with E-state index in [0.29, 0.717) is 5.02 Å². The smallest absolute Gasteiger partial charge is 0.183 e. The molecule has 2 N–H and O–H groups in total. The number of halogens is 1. The van der Waals surface area contributed by atoms with Gasteiger partial charge in [0.2, 0.25) is 0 Å². The molecule has 0 bridgehead atoms. The first-order chi connectivity index (χ1) is 8.96. The second-order valence-electron chi connectivity index (χ2n) is 5.22. The number of nitrogen functional groups attached to an aromatic ring is 1. The van der Waals surface area contributed by atoms with E-state index in [1.165, 1.54) is 12.1 Å². The predicted molar refractivity (Wildman–Crippen MR) is 79.1 cm³/mol. The van der Waals surface area contributed by atoms with Crippen molar-refractivity contribution in [1.82, 2.24) is 0 Å². The van der Waals surface area contributed by atoms with Gasteiger partial charge in [-0.05, 0) is 37.0 Å². The Kier molecular flexibility index (Phi) is 4.41. The van der Waals surface area contributed by atoms with Crippen LogP contribution < -0.4 is 5.73 Å². The van der Waals surface area contributed by atoms with Crippen LogP contribution in [0.2, 0.25) is 5.02 Å². The number of hydrogen-bond acceptors (Lipinski definition) is 3. The monoisotopic (exact) mass is 301 g/mol. The standard InChI is InChI=1S/C14H20ClNO2S/c1-2-10-5-3-4-6-13(10)19(17,18)14-8-7-11(15)9-12(14)16/h7-10,13H,2-6,16H2,1H3. The maximum Gasteiger partial charge on any atom is 0.183 e. The third-order valence-electron chi connectivity index (χ3n) is 4.04. The Morgan fingerprint density at radius 3 is 2.63 bits per heavy atom. The molecule has 1 aromatic carbocycles. The van der Waals surface area contributed by atoms with Crippen molar-refractivity contribution < 1.29 is 8.42 Å². The van der Waals surface area contributed by atoms with E-state index in [1.807, 2.05) is 0 Å². The molecule has 5 heteroatoms. The summed E-state index contributed by atoms with van der Waals surface area (Å²) >= 11 is 5.83. The van der Waals surface area contributed by atoms with Crippen molar-refractivity contribution in [2.24, 2.45) is 5.92 Å². The molecule has 0 spiro atoms. The molecule has 0 amide bonds. The number of nitrogens with two attached hydrogens (primary N) is 1. The Labute approximate surface area is 120 Å². The molecular formula is C14H20ClNO2S. The van der Waals surface area contributed by atoms with E-state index in [0.717, 1.165) is 32.1 Å². The third-order valence-corrected chi connectivity index (χ3v) is 6.68. The van der Waals surface area contributed by atoms with Crippen LogP contribution in [-0.4, -0.2) is 13.7 Å². The molecule has 0 saturated heterocycles. The minimum absolute atomic E-state index is 0.238. The summed E-state index contributed by atoms with van der Waals surface area (Å²) in [5, 5.41) is 0.168. The van der Waals surface area contributed by atoms with E-state index < -0.39 is 9.84 Å². The van der Waals surface area contributed by atoms with E-state index >= 15 is 0 Å². The van der Waals surface area contributed by atoms with Gasteiger partial charge < -0.3 is 5.73 Å². The van der Waals surface area contributed by atoms with Crippen LogP contribution in [-0.2, 0) is 9.84 Å². The average Bonchev–Trinajstić information content (AvgIpc) is 2.38. The van der Waals surface area contributed by atoms with Crippen molar-refractivity contribution in [3.63, 3.8) is 0 Å². The molecular weight excluding hydrogens is 282 g/mol. The molecule has 2 rings (SSSR count). The van der Waals surface area contributed by atoms with Crippen molar-refractivity contribution in [3.05, 3.63) is 23.2 Å². The van der Waals surface area contributed by atoms with Gasteiger partial charge in [-0.3, -0.25) is 0 Å². The fraction of sp³-hybridized carbons (Fsp3) is 0.571. The summed E-state index contributed by atoms with van der Waals surface area (Å²) < 4.78 is 25.5. The zero-order valence-corrected chi connectivity index (χ0v) is 12.7. The van der Waals surface area contributed by atoms with Crippen LogP contribution in [0.25, 0.3) is 0 Å². The predicted octanol–water partition coefficient (Wildman–Crippen LogP) is 3.66. The summed E-state index contributed by atoms with van der Waals surface area (Å²) in [6.45, 7) is 2.06. The van der Waals surface area contributed by atoms with Crippen LogP contribution in [0.15, 0.2) is 23.1 Å². The molecule has 0 aliphatic heterocycles. The van der Waals surface area contributed by atoms with Crippen LogP contribution in [0, 0.1) is 5.92 Å². The lowest BCUT2D eigenvalue weighted by Gasteiger charge is -2.30. The van der Waals surface area contributed by atoms with Gasteiger partial charge in [-0.2, -0.15) is 0 Å². The summed E-state index contributed by atoms with van der Waals surface area (Å²) in [4.78, 5) is 0.238. The summed E-state index contributed by atoms with van der Waals surface area (Å²) in [5.74, 6) is 0.244. The Hall–Kier alpha value is -0.740. The second-order valence-corrected chi connectivity index (χ2v) is 7.79.